The van der Waals surface area contributed by atoms with Crippen LogP contribution in [0.25, 0.3) is 0 Å². The Kier molecular flexibility index (Phi) is 3.74. The second-order valence-electron chi connectivity index (χ2n) is 4.90. The van der Waals surface area contributed by atoms with Crippen molar-refractivity contribution in [3.05, 3.63) is 29.3 Å². The number of hydrogen-bond donors (Lipinski definition) is 2. The molecule has 5 nitrogen and oxygen atoms in total. The van der Waals surface area contributed by atoms with E-state index in [0.29, 0.717) is 0 Å². The summed E-state index contributed by atoms with van der Waals surface area (Å²) in [5.41, 5.74) is 2.16. The Labute approximate surface area is 111 Å². The molecule has 0 aliphatic carbocycles. The second-order valence-corrected chi connectivity index (χ2v) is 4.90. The van der Waals surface area contributed by atoms with Gasteiger partial charge in [-0.25, -0.2) is 4.79 Å². The van der Waals surface area contributed by atoms with Gasteiger partial charge in [0.2, 0.25) is 0 Å². The highest BCUT2D eigenvalue weighted by atomic mass is 16.4. The smallest absolute Gasteiger partial charge is 0.335 e. The van der Waals surface area contributed by atoms with Crippen LogP contribution in [0.1, 0.15) is 35.2 Å². The number of aliphatic carboxylic acids is 1. The fourth-order valence-electron chi connectivity index (χ4n) is 2.60. The normalized spacial score (nSPS) is 18.6. The largest absolute Gasteiger partial charge is 0.481 e. The van der Waals surface area contributed by atoms with Gasteiger partial charge in [-0.1, -0.05) is 6.07 Å². The van der Waals surface area contributed by atoms with E-state index in [-0.39, 0.29) is 18.0 Å². The van der Waals surface area contributed by atoms with Crippen molar-refractivity contribution in [3.8, 4) is 0 Å². The lowest BCUT2D eigenvalue weighted by atomic mass is 10.0. The molecule has 102 valence electrons. The van der Waals surface area contributed by atoms with Gasteiger partial charge >= 0.3 is 11.9 Å². The topological polar surface area (TPSA) is 77.8 Å². The molecule has 0 radical (unpaired) electrons. The van der Waals surface area contributed by atoms with Crippen LogP contribution >= 0.6 is 0 Å². The first-order valence-corrected chi connectivity index (χ1v) is 6.30. The minimum absolute atomic E-state index is 0.0766. The van der Waals surface area contributed by atoms with Crippen molar-refractivity contribution in [1.82, 2.24) is 0 Å². The lowest BCUT2D eigenvalue weighted by Gasteiger charge is -2.28. The Balaban J connectivity index is 2.36. The highest BCUT2D eigenvalue weighted by Gasteiger charge is 2.24. The number of carboxylic acids is 2. The van der Waals surface area contributed by atoms with Crippen molar-refractivity contribution in [3.63, 3.8) is 0 Å². The summed E-state index contributed by atoms with van der Waals surface area (Å²) in [6, 6.07) is 4.99. The number of hydrogen-bond acceptors (Lipinski definition) is 3. The molecule has 1 aliphatic heterocycles. The number of rotatable bonds is 3. The van der Waals surface area contributed by atoms with Crippen LogP contribution in [0, 0.1) is 0 Å². The fraction of sp³-hybridized carbons (Fsp3) is 0.429. The highest BCUT2D eigenvalue weighted by molar-refractivity contribution is 5.89. The highest BCUT2D eigenvalue weighted by Crippen LogP contribution is 2.30. The van der Waals surface area contributed by atoms with E-state index in [9.17, 15) is 9.59 Å². The van der Waals surface area contributed by atoms with Gasteiger partial charge in [0.1, 0.15) is 0 Å². The summed E-state index contributed by atoms with van der Waals surface area (Å²) >= 11 is 0. The number of carbonyl (C=O) groups is 2. The van der Waals surface area contributed by atoms with Gasteiger partial charge in [0.15, 0.2) is 0 Å². The molecule has 1 unspecified atom stereocenters. The van der Waals surface area contributed by atoms with Gasteiger partial charge in [0, 0.05) is 18.8 Å². The van der Waals surface area contributed by atoms with Crippen LogP contribution in [-0.4, -0.2) is 35.2 Å². The van der Waals surface area contributed by atoms with E-state index in [1.807, 2.05) is 18.0 Å². The first-order chi connectivity index (χ1) is 8.99. The zero-order chi connectivity index (χ0) is 14.0. The zero-order valence-electron chi connectivity index (χ0n) is 10.8. The van der Waals surface area contributed by atoms with Crippen molar-refractivity contribution >= 4 is 17.6 Å². The third-order valence-corrected chi connectivity index (χ3v) is 3.65. The van der Waals surface area contributed by atoms with Gasteiger partial charge in [-0.2, -0.15) is 0 Å². The molecule has 1 aromatic rings. The van der Waals surface area contributed by atoms with Gasteiger partial charge in [0.25, 0.3) is 0 Å². The summed E-state index contributed by atoms with van der Waals surface area (Å²) in [6.07, 6.45) is 2.66. The van der Waals surface area contributed by atoms with Gasteiger partial charge in [-0.3, -0.25) is 4.79 Å². The number of carboxylic acid groups (broad SMARTS) is 2. The quantitative estimate of drug-likeness (QED) is 0.872. The molecule has 19 heavy (non-hydrogen) atoms. The molecule has 1 aliphatic rings. The predicted octanol–water partition coefficient (Wildman–Crippen LogP) is 2.00. The van der Waals surface area contributed by atoms with Crippen molar-refractivity contribution in [2.24, 2.45) is 0 Å². The van der Waals surface area contributed by atoms with Crippen molar-refractivity contribution in [1.29, 1.82) is 0 Å². The first kappa shape index (κ1) is 13.4. The molecule has 0 amide bonds. The molecule has 1 aromatic carbocycles. The van der Waals surface area contributed by atoms with Crippen LogP contribution in [0.4, 0.5) is 5.69 Å². The van der Waals surface area contributed by atoms with Crippen LogP contribution in [0.2, 0.25) is 0 Å². The summed E-state index contributed by atoms with van der Waals surface area (Å²) in [7, 11) is 1.84. The van der Waals surface area contributed by atoms with Gasteiger partial charge < -0.3 is 15.1 Å². The summed E-state index contributed by atoms with van der Waals surface area (Å²) in [6.45, 7) is 0. The number of aryl methyl sites for hydroxylation is 1. The average molecular weight is 263 g/mol. The number of aromatic carboxylic acids is 1. The van der Waals surface area contributed by atoms with E-state index in [0.717, 1.165) is 30.5 Å². The number of fused-ring (bicyclic) bond motifs is 1. The zero-order valence-corrected chi connectivity index (χ0v) is 10.8. The third-order valence-electron chi connectivity index (χ3n) is 3.65. The molecule has 2 N–H and O–H groups in total. The number of nitrogens with zero attached hydrogens (tertiary/aromatic N) is 1. The van der Waals surface area contributed by atoms with E-state index >= 15 is 0 Å². The molecular weight excluding hydrogens is 246 g/mol. The molecule has 0 bridgehead atoms. The maximum Gasteiger partial charge on any atom is 0.335 e. The Hall–Kier alpha value is -2.04. The van der Waals surface area contributed by atoms with E-state index in [2.05, 4.69) is 0 Å². The molecule has 0 saturated carbocycles. The molecule has 0 fully saturated rings. The van der Waals surface area contributed by atoms with E-state index in [1.165, 1.54) is 0 Å². The SMILES string of the molecule is CN1c2cc(C(=O)O)ccc2CCCC1CC(=O)O. The standard InChI is InChI=1S/C14H17NO4/c1-15-11(8-13(16)17)4-2-3-9-5-6-10(14(18)19)7-12(9)15/h5-7,11H,2-4,8H2,1H3,(H,16,17)(H,18,19). The summed E-state index contributed by atoms with van der Waals surface area (Å²) in [4.78, 5) is 23.8. The molecule has 1 heterocycles. The maximum atomic E-state index is 11.0. The fourth-order valence-corrected chi connectivity index (χ4v) is 2.60. The third kappa shape index (κ3) is 2.86. The van der Waals surface area contributed by atoms with E-state index in [4.69, 9.17) is 10.2 Å². The molecule has 2 rings (SSSR count). The summed E-state index contributed by atoms with van der Waals surface area (Å²) < 4.78 is 0. The number of benzene rings is 1. The molecule has 5 heteroatoms. The van der Waals surface area contributed by atoms with Crippen LogP contribution in [0.5, 0.6) is 0 Å². The molecular formula is C14H17NO4. The summed E-state index contributed by atoms with van der Waals surface area (Å²) in [5.74, 6) is -1.79. The molecule has 1 atom stereocenters. The Bertz CT molecular complexity index is 512. The van der Waals surface area contributed by atoms with Gasteiger partial charge in [0.05, 0.1) is 12.0 Å². The minimum atomic E-state index is -0.963. The Morgan fingerprint density at radius 3 is 2.74 bits per heavy atom. The average Bonchev–Trinajstić information content (AvgIpc) is 2.49. The van der Waals surface area contributed by atoms with Crippen molar-refractivity contribution in [2.75, 3.05) is 11.9 Å². The van der Waals surface area contributed by atoms with E-state index < -0.39 is 11.9 Å². The number of anilines is 1. The van der Waals surface area contributed by atoms with Crippen LogP contribution in [0.15, 0.2) is 18.2 Å². The summed E-state index contributed by atoms with van der Waals surface area (Å²) in [5, 5.41) is 18.0. The molecule has 0 aromatic heterocycles. The maximum absolute atomic E-state index is 11.0. The monoisotopic (exact) mass is 263 g/mol. The van der Waals surface area contributed by atoms with Crippen LogP contribution in [-0.2, 0) is 11.2 Å². The van der Waals surface area contributed by atoms with Gasteiger partial charge in [-0.05, 0) is 37.0 Å². The Morgan fingerprint density at radius 1 is 1.37 bits per heavy atom. The molecule has 0 spiro atoms. The lowest BCUT2D eigenvalue weighted by molar-refractivity contribution is -0.137. The lowest BCUT2D eigenvalue weighted by Crippen LogP contribution is -2.33. The van der Waals surface area contributed by atoms with Crippen molar-refractivity contribution < 1.29 is 19.8 Å². The van der Waals surface area contributed by atoms with Crippen molar-refractivity contribution in [2.45, 2.75) is 31.7 Å². The predicted molar refractivity (Wildman–Crippen MR) is 70.8 cm³/mol. The van der Waals surface area contributed by atoms with Crippen LogP contribution in [0.3, 0.4) is 0 Å². The Morgan fingerprint density at radius 2 is 2.11 bits per heavy atom. The second kappa shape index (κ2) is 5.30. The minimum Gasteiger partial charge on any atom is -0.481 e. The van der Waals surface area contributed by atoms with E-state index in [1.54, 1.807) is 12.1 Å². The van der Waals surface area contributed by atoms with Crippen LogP contribution < -0.4 is 4.90 Å². The first-order valence-electron chi connectivity index (χ1n) is 6.30. The molecule has 0 saturated heterocycles. The van der Waals surface area contributed by atoms with Gasteiger partial charge in [-0.15, -0.1) is 0 Å².